The maximum Gasteiger partial charge on any atom is 0.227 e. The lowest BCUT2D eigenvalue weighted by atomic mass is 9.93. The van der Waals surface area contributed by atoms with Crippen molar-refractivity contribution in [2.75, 3.05) is 6.61 Å². The Balaban J connectivity index is 2.02. The van der Waals surface area contributed by atoms with Crippen molar-refractivity contribution in [1.82, 2.24) is 5.32 Å². The molecule has 21 heavy (non-hydrogen) atoms. The molecule has 1 aliphatic carbocycles. The van der Waals surface area contributed by atoms with Gasteiger partial charge in [0.15, 0.2) is 0 Å². The van der Waals surface area contributed by atoms with Crippen LogP contribution in [-0.4, -0.2) is 23.7 Å². The van der Waals surface area contributed by atoms with E-state index >= 15 is 0 Å². The second-order valence-electron chi connectivity index (χ2n) is 6.33. The molecule has 3 nitrogen and oxygen atoms in total. The maximum absolute atomic E-state index is 12.5. The molecule has 116 valence electrons. The number of carbonyl (C=O) groups is 1. The van der Waals surface area contributed by atoms with Gasteiger partial charge < -0.3 is 10.4 Å². The molecule has 3 heteroatoms. The highest BCUT2D eigenvalue weighted by Gasteiger charge is 2.26. The molecule has 0 spiro atoms. The van der Waals surface area contributed by atoms with Gasteiger partial charge in [0.2, 0.25) is 5.91 Å². The van der Waals surface area contributed by atoms with Gasteiger partial charge in [-0.1, -0.05) is 49.1 Å². The first-order valence-corrected chi connectivity index (χ1v) is 8.09. The molecule has 1 aromatic carbocycles. The van der Waals surface area contributed by atoms with E-state index in [1.165, 1.54) is 12.0 Å². The molecule has 0 saturated heterocycles. The molecule has 1 fully saturated rings. The van der Waals surface area contributed by atoms with Crippen LogP contribution in [-0.2, 0) is 4.79 Å². The van der Waals surface area contributed by atoms with Gasteiger partial charge in [-0.25, -0.2) is 0 Å². The normalized spacial score (nSPS) is 24.1. The molecule has 1 aliphatic rings. The fourth-order valence-electron chi connectivity index (χ4n) is 3.19. The summed E-state index contributed by atoms with van der Waals surface area (Å²) >= 11 is 0. The molecule has 1 saturated carbocycles. The summed E-state index contributed by atoms with van der Waals surface area (Å²) < 4.78 is 0. The first kappa shape index (κ1) is 16.0. The molecule has 2 N–H and O–H groups in total. The Kier molecular flexibility index (Phi) is 5.80. The topological polar surface area (TPSA) is 49.3 Å². The van der Waals surface area contributed by atoms with E-state index in [0.717, 1.165) is 31.2 Å². The van der Waals surface area contributed by atoms with Crippen LogP contribution >= 0.6 is 0 Å². The Labute approximate surface area is 127 Å². The minimum atomic E-state index is -0.146. The summed E-state index contributed by atoms with van der Waals surface area (Å²) in [4.78, 5) is 12.5. The Hall–Kier alpha value is -1.35. The van der Waals surface area contributed by atoms with Crippen LogP contribution in [0.5, 0.6) is 0 Å². The van der Waals surface area contributed by atoms with Crippen molar-refractivity contribution in [3.8, 4) is 0 Å². The van der Waals surface area contributed by atoms with Crippen molar-refractivity contribution in [2.24, 2.45) is 5.92 Å². The number of aliphatic hydroxyl groups is 1. The molecule has 3 unspecified atom stereocenters. The van der Waals surface area contributed by atoms with Crippen LogP contribution in [0.3, 0.4) is 0 Å². The molecule has 0 heterocycles. The van der Waals surface area contributed by atoms with E-state index < -0.39 is 0 Å². The van der Waals surface area contributed by atoms with Crippen molar-refractivity contribution < 1.29 is 9.90 Å². The molecule has 2 rings (SSSR count). The first-order chi connectivity index (χ1) is 10.1. The van der Waals surface area contributed by atoms with Gasteiger partial charge in [-0.2, -0.15) is 0 Å². The summed E-state index contributed by atoms with van der Waals surface area (Å²) in [5, 5.41) is 12.7. The predicted octanol–water partition coefficient (Wildman–Crippen LogP) is 3.16. The van der Waals surface area contributed by atoms with E-state index in [1.54, 1.807) is 0 Å². The van der Waals surface area contributed by atoms with Gasteiger partial charge in [0, 0.05) is 18.6 Å². The van der Waals surface area contributed by atoms with E-state index in [-0.39, 0.29) is 30.4 Å². The second kappa shape index (κ2) is 7.60. The standard InChI is InChI=1S/C18H27NO2/c1-13-7-6-9-15(11-13)14(2)18(21)19-17-10-5-3-4-8-16(17)12-20/h6-7,9,11,14,16-17,20H,3-5,8,10,12H2,1-2H3,(H,19,21). The Morgan fingerprint density at radius 2 is 2.10 bits per heavy atom. The lowest BCUT2D eigenvalue weighted by Gasteiger charge is -2.26. The van der Waals surface area contributed by atoms with Crippen molar-refractivity contribution >= 4 is 5.91 Å². The fraction of sp³-hybridized carbons (Fsp3) is 0.611. The minimum Gasteiger partial charge on any atom is -0.396 e. The Bertz CT molecular complexity index is 472. The zero-order valence-corrected chi connectivity index (χ0v) is 13.1. The van der Waals surface area contributed by atoms with Crippen LogP contribution in [0.25, 0.3) is 0 Å². The summed E-state index contributed by atoms with van der Waals surface area (Å²) in [5.41, 5.74) is 2.23. The van der Waals surface area contributed by atoms with E-state index in [2.05, 4.69) is 11.4 Å². The number of hydrogen-bond acceptors (Lipinski definition) is 2. The largest absolute Gasteiger partial charge is 0.396 e. The Morgan fingerprint density at radius 1 is 1.33 bits per heavy atom. The Morgan fingerprint density at radius 3 is 2.81 bits per heavy atom. The maximum atomic E-state index is 12.5. The number of aliphatic hydroxyl groups excluding tert-OH is 1. The molecule has 1 amide bonds. The van der Waals surface area contributed by atoms with Gasteiger partial charge in [0.1, 0.15) is 0 Å². The number of rotatable bonds is 4. The summed E-state index contributed by atoms with van der Waals surface area (Å²) in [6, 6.07) is 8.24. The van der Waals surface area contributed by atoms with Gasteiger partial charge in [-0.3, -0.25) is 4.79 Å². The fourth-order valence-corrected chi connectivity index (χ4v) is 3.19. The van der Waals surface area contributed by atoms with Crippen LogP contribution in [0.2, 0.25) is 0 Å². The molecule has 0 aliphatic heterocycles. The molecule has 1 aromatic rings. The summed E-state index contributed by atoms with van der Waals surface area (Å²) in [5.74, 6) is 0.139. The predicted molar refractivity (Wildman–Crippen MR) is 85.2 cm³/mol. The SMILES string of the molecule is Cc1cccc(C(C)C(=O)NC2CCCCCC2CO)c1. The highest BCUT2D eigenvalue weighted by atomic mass is 16.3. The average Bonchev–Trinajstić information content (AvgIpc) is 2.71. The molecular formula is C18H27NO2. The van der Waals surface area contributed by atoms with Crippen LogP contribution in [0, 0.1) is 12.8 Å². The monoisotopic (exact) mass is 289 g/mol. The number of aryl methyl sites for hydroxylation is 1. The van der Waals surface area contributed by atoms with Crippen LogP contribution in [0.4, 0.5) is 0 Å². The van der Waals surface area contributed by atoms with Gasteiger partial charge in [0.25, 0.3) is 0 Å². The molecular weight excluding hydrogens is 262 g/mol. The molecule has 0 radical (unpaired) electrons. The number of benzene rings is 1. The zero-order chi connectivity index (χ0) is 15.2. The zero-order valence-electron chi connectivity index (χ0n) is 13.1. The highest BCUT2D eigenvalue weighted by molar-refractivity contribution is 5.83. The number of hydrogen-bond donors (Lipinski definition) is 2. The lowest BCUT2D eigenvalue weighted by molar-refractivity contribution is -0.123. The van der Waals surface area contributed by atoms with E-state index in [0.29, 0.717) is 0 Å². The average molecular weight is 289 g/mol. The van der Waals surface area contributed by atoms with Crippen molar-refractivity contribution in [3.05, 3.63) is 35.4 Å². The third kappa shape index (κ3) is 4.31. The van der Waals surface area contributed by atoms with E-state index in [4.69, 9.17) is 0 Å². The van der Waals surface area contributed by atoms with Gasteiger partial charge in [-0.15, -0.1) is 0 Å². The highest BCUT2D eigenvalue weighted by Crippen LogP contribution is 2.24. The number of amides is 1. The summed E-state index contributed by atoms with van der Waals surface area (Å²) in [7, 11) is 0. The quantitative estimate of drug-likeness (QED) is 0.837. The molecule has 0 bridgehead atoms. The van der Waals surface area contributed by atoms with Gasteiger partial charge in [-0.05, 0) is 32.3 Å². The smallest absolute Gasteiger partial charge is 0.227 e. The van der Waals surface area contributed by atoms with Crippen LogP contribution in [0.1, 0.15) is 56.1 Å². The number of carbonyl (C=O) groups excluding carboxylic acids is 1. The van der Waals surface area contributed by atoms with Gasteiger partial charge >= 0.3 is 0 Å². The van der Waals surface area contributed by atoms with E-state index in [1.807, 2.05) is 32.0 Å². The van der Waals surface area contributed by atoms with Crippen LogP contribution < -0.4 is 5.32 Å². The summed E-state index contributed by atoms with van der Waals surface area (Å²) in [6.07, 6.45) is 5.50. The van der Waals surface area contributed by atoms with Crippen molar-refractivity contribution in [2.45, 2.75) is 57.9 Å². The van der Waals surface area contributed by atoms with Crippen molar-refractivity contribution in [3.63, 3.8) is 0 Å². The third-order valence-corrected chi connectivity index (χ3v) is 4.66. The van der Waals surface area contributed by atoms with Gasteiger partial charge in [0.05, 0.1) is 5.92 Å². The van der Waals surface area contributed by atoms with E-state index in [9.17, 15) is 9.90 Å². The summed E-state index contributed by atoms with van der Waals surface area (Å²) in [6.45, 7) is 4.17. The molecule has 0 aromatic heterocycles. The van der Waals surface area contributed by atoms with Crippen molar-refractivity contribution in [1.29, 1.82) is 0 Å². The number of nitrogens with one attached hydrogen (secondary N) is 1. The molecule has 3 atom stereocenters. The second-order valence-corrected chi connectivity index (χ2v) is 6.33. The lowest BCUT2D eigenvalue weighted by Crippen LogP contribution is -2.42. The third-order valence-electron chi connectivity index (χ3n) is 4.66. The van der Waals surface area contributed by atoms with Crippen LogP contribution in [0.15, 0.2) is 24.3 Å². The first-order valence-electron chi connectivity index (χ1n) is 8.09. The minimum absolute atomic E-state index is 0.0750.